The van der Waals surface area contributed by atoms with Crippen LogP contribution >= 0.6 is 0 Å². The van der Waals surface area contributed by atoms with Crippen LogP contribution in [0.3, 0.4) is 0 Å². The molecule has 3 rings (SSSR count). The molecule has 0 N–H and O–H groups in total. The third-order valence-electron chi connectivity index (χ3n) is 5.16. The average Bonchev–Trinajstić information content (AvgIpc) is 2.66. The maximum atomic E-state index is 12.9. The van der Waals surface area contributed by atoms with Crippen LogP contribution < -0.4 is 0 Å². The summed E-state index contributed by atoms with van der Waals surface area (Å²) >= 11 is 0. The van der Waals surface area contributed by atoms with Crippen molar-refractivity contribution in [3.05, 3.63) is 34.9 Å². The zero-order chi connectivity index (χ0) is 16.1. The van der Waals surface area contributed by atoms with Crippen LogP contribution in [0.15, 0.2) is 18.2 Å². The number of benzene rings is 1. The van der Waals surface area contributed by atoms with Gasteiger partial charge < -0.3 is 4.90 Å². The molecule has 120 valence electrons. The summed E-state index contributed by atoms with van der Waals surface area (Å²) in [5.74, 6) is -0.268. The number of carbonyl (C=O) groups is 1. The Morgan fingerprint density at radius 3 is 2.27 bits per heavy atom. The maximum absolute atomic E-state index is 12.9. The van der Waals surface area contributed by atoms with Crippen LogP contribution in [0.4, 0.5) is 13.2 Å². The third-order valence-corrected chi connectivity index (χ3v) is 5.16. The first-order valence-corrected chi connectivity index (χ1v) is 7.70. The van der Waals surface area contributed by atoms with Gasteiger partial charge in [0.05, 0.1) is 5.56 Å². The van der Waals surface area contributed by atoms with Crippen LogP contribution in [-0.4, -0.2) is 29.8 Å². The number of alkyl halides is 3. The SMILES string of the molecule is Cc1cc(C(=O)C2CC3CCC(C2)N3C)cc(C(F)(F)F)c1. The lowest BCUT2D eigenvalue weighted by molar-refractivity contribution is -0.137. The number of carbonyl (C=O) groups excluding carboxylic acids is 1. The minimum atomic E-state index is -4.41. The highest BCUT2D eigenvalue weighted by Gasteiger charge is 2.41. The molecule has 0 spiro atoms. The van der Waals surface area contributed by atoms with Gasteiger partial charge in [0.2, 0.25) is 0 Å². The molecule has 2 atom stereocenters. The number of rotatable bonds is 2. The molecule has 2 saturated heterocycles. The molecule has 0 saturated carbocycles. The van der Waals surface area contributed by atoms with Gasteiger partial charge in [0.15, 0.2) is 5.78 Å². The van der Waals surface area contributed by atoms with Crippen LogP contribution in [0.2, 0.25) is 0 Å². The molecular weight excluding hydrogens is 291 g/mol. The Morgan fingerprint density at radius 2 is 1.73 bits per heavy atom. The zero-order valence-corrected chi connectivity index (χ0v) is 12.8. The smallest absolute Gasteiger partial charge is 0.300 e. The molecule has 2 nitrogen and oxygen atoms in total. The van der Waals surface area contributed by atoms with Gasteiger partial charge in [-0.15, -0.1) is 0 Å². The second-order valence-corrected chi connectivity index (χ2v) is 6.67. The number of piperidine rings is 1. The predicted molar refractivity (Wildman–Crippen MR) is 77.8 cm³/mol. The number of hydrogen-bond acceptors (Lipinski definition) is 2. The Hall–Kier alpha value is -1.36. The molecule has 22 heavy (non-hydrogen) atoms. The van der Waals surface area contributed by atoms with E-state index in [4.69, 9.17) is 0 Å². The maximum Gasteiger partial charge on any atom is 0.416 e. The van der Waals surface area contributed by atoms with Gasteiger partial charge in [0, 0.05) is 23.6 Å². The lowest BCUT2D eigenvalue weighted by atomic mass is 9.84. The second-order valence-electron chi connectivity index (χ2n) is 6.67. The molecule has 2 unspecified atom stereocenters. The Kier molecular flexibility index (Phi) is 3.79. The van der Waals surface area contributed by atoms with Gasteiger partial charge in [-0.1, -0.05) is 0 Å². The van der Waals surface area contributed by atoms with Gasteiger partial charge in [-0.3, -0.25) is 4.79 Å². The van der Waals surface area contributed by atoms with Crippen LogP contribution in [0.1, 0.15) is 47.2 Å². The largest absolute Gasteiger partial charge is 0.416 e. The van der Waals surface area contributed by atoms with Gasteiger partial charge in [0.25, 0.3) is 0 Å². The van der Waals surface area contributed by atoms with Crippen molar-refractivity contribution in [2.75, 3.05) is 7.05 Å². The van der Waals surface area contributed by atoms with E-state index in [0.717, 1.165) is 37.8 Å². The highest BCUT2D eigenvalue weighted by molar-refractivity contribution is 5.98. The molecule has 2 aliphatic rings. The molecule has 2 bridgehead atoms. The highest BCUT2D eigenvalue weighted by atomic mass is 19.4. The van der Waals surface area contributed by atoms with Crippen molar-refractivity contribution in [1.82, 2.24) is 4.90 Å². The first kappa shape index (κ1) is 15.5. The van der Waals surface area contributed by atoms with Crippen LogP contribution in [0, 0.1) is 12.8 Å². The van der Waals surface area contributed by atoms with Crippen molar-refractivity contribution in [1.29, 1.82) is 0 Å². The fraction of sp³-hybridized carbons (Fsp3) is 0.588. The summed E-state index contributed by atoms with van der Waals surface area (Å²) in [6.07, 6.45) is -0.700. The van der Waals surface area contributed by atoms with E-state index < -0.39 is 11.7 Å². The Bertz CT molecular complexity index is 582. The minimum Gasteiger partial charge on any atom is -0.300 e. The van der Waals surface area contributed by atoms with E-state index in [9.17, 15) is 18.0 Å². The van der Waals surface area contributed by atoms with Gasteiger partial charge in [-0.05, 0) is 63.4 Å². The number of halogens is 3. The number of hydrogen-bond donors (Lipinski definition) is 0. The molecule has 0 amide bonds. The summed E-state index contributed by atoms with van der Waals surface area (Å²) in [5, 5.41) is 0. The monoisotopic (exact) mass is 311 g/mol. The fourth-order valence-electron chi connectivity index (χ4n) is 3.95. The van der Waals surface area contributed by atoms with E-state index in [0.29, 0.717) is 17.6 Å². The van der Waals surface area contributed by atoms with E-state index in [1.165, 1.54) is 0 Å². The molecular formula is C17H20F3NO. The molecule has 0 radical (unpaired) electrons. The van der Waals surface area contributed by atoms with Crippen molar-refractivity contribution in [2.45, 2.75) is 50.9 Å². The Morgan fingerprint density at radius 1 is 1.14 bits per heavy atom. The summed E-state index contributed by atoms with van der Waals surface area (Å²) in [6.45, 7) is 1.60. The highest BCUT2D eigenvalue weighted by Crippen LogP contribution is 2.39. The van der Waals surface area contributed by atoms with Crippen molar-refractivity contribution >= 4 is 5.78 Å². The van der Waals surface area contributed by atoms with Crippen LogP contribution in [-0.2, 0) is 6.18 Å². The lowest BCUT2D eigenvalue weighted by Gasteiger charge is -2.35. The minimum absolute atomic E-state index is 0.126. The molecule has 0 aliphatic carbocycles. The molecule has 2 fully saturated rings. The molecule has 2 aliphatic heterocycles. The average molecular weight is 311 g/mol. The third kappa shape index (κ3) is 2.78. The van der Waals surface area contributed by atoms with Gasteiger partial charge in [-0.2, -0.15) is 13.2 Å². The van der Waals surface area contributed by atoms with Crippen molar-refractivity contribution in [3.8, 4) is 0 Å². The summed E-state index contributed by atoms with van der Waals surface area (Å²) in [7, 11) is 2.08. The summed E-state index contributed by atoms with van der Waals surface area (Å²) in [4.78, 5) is 15.0. The van der Waals surface area contributed by atoms with Crippen molar-refractivity contribution in [3.63, 3.8) is 0 Å². The molecule has 5 heteroatoms. The summed E-state index contributed by atoms with van der Waals surface area (Å²) < 4.78 is 38.8. The normalized spacial score (nSPS) is 28.9. The van der Waals surface area contributed by atoms with E-state index in [1.54, 1.807) is 13.0 Å². The zero-order valence-electron chi connectivity index (χ0n) is 12.8. The Labute approximate surface area is 128 Å². The number of aryl methyl sites for hydroxylation is 1. The van der Waals surface area contributed by atoms with Gasteiger partial charge in [0.1, 0.15) is 0 Å². The second kappa shape index (κ2) is 5.37. The summed E-state index contributed by atoms with van der Waals surface area (Å²) in [5.41, 5.74) is -0.0397. The van der Waals surface area contributed by atoms with E-state index >= 15 is 0 Å². The first-order chi connectivity index (χ1) is 10.3. The number of ketones is 1. The summed E-state index contributed by atoms with van der Waals surface area (Å²) in [6, 6.07) is 4.49. The fourth-order valence-corrected chi connectivity index (χ4v) is 3.95. The topological polar surface area (TPSA) is 20.3 Å². The number of nitrogens with zero attached hydrogens (tertiary/aromatic N) is 1. The molecule has 1 aromatic rings. The van der Waals surface area contributed by atoms with E-state index in [1.807, 2.05) is 0 Å². The van der Waals surface area contributed by atoms with Gasteiger partial charge >= 0.3 is 6.18 Å². The predicted octanol–water partition coefficient (Wildman–Crippen LogP) is 4.07. The quantitative estimate of drug-likeness (QED) is 0.767. The van der Waals surface area contributed by atoms with E-state index in [2.05, 4.69) is 11.9 Å². The number of Topliss-reactive ketones (excluding diaryl/α,β-unsaturated/α-hetero) is 1. The lowest BCUT2D eigenvalue weighted by Crippen LogP contribution is -2.42. The van der Waals surface area contributed by atoms with Crippen molar-refractivity contribution in [2.24, 2.45) is 5.92 Å². The van der Waals surface area contributed by atoms with Crippen LogP contribution in [0.25, 0.3) is 0 Å². The standard InChI is InChI=1S/C17H20F3NO/c1-10-5-11(7-13(6-10)17(18,19)20)16(22)12-8-14-3-4-15(9-12)21(14)2/h5-7,12,14-15H,3-4,8-9H2,1-2H3. The number of fused-ring (bicyclic) bond motifs is 2. The molecule has 0 aromatic heterocycles. The Balaban J connectivity index is 1.85. The van der Waals surface area contributed by atoms with E-state index in [-0.39, 0.29) is 17.3 Å². The van der Waals surface area contributed by atoms with Crippen LogP contribution in [0.5, 0.6) is 0 Å². The molecule has 1 aromatic carbocycles. The van der Waals surface area contributed by atoms with Gasteiger partial charge in [-0.25, -0.2) is 0 Å². The van der Waals surface area contributed by atoms with Crippen molar-refractivity contribution < 1.29 is 18.0 Å². The molecule has 2 heterocycles. The first-order valence-electron chi connectivity index (χ1n) is 7.70.